The van der Waals surface area contributed by atoms with Gasteiger partial charge < -0.3 is 19.8 Å². The van der Waals surface area contributed by atoms with Crippen LogP contribution in [0.3, 0.4) is 0 Å². The molecule has 7 nitrogen and oxygen atoms in total. The van der Waals surface area contributed by atoms with Gasteiger partial charge in [0.1, 0.15) is 12.4 Å². The van der Waals surface area contributed by atoms with Crippen molar-refractivity contribution in [2.45, 2.75) is 83.3 Å². The van der Waals surface area contributed by atoms with Crippen molar-refractivity contribution in [2.24, 2.45) is 5.41 Å². The van der Waals surface area contributed by atoms with E-state index in [0.29, 0.717) is 12.0 Å². The third kappa shape index (κ3) is 14.5. The third-order valence-corrected chi connectivity index (χ3v) is 9.90. The highest BCUT2D eigenvalue weighted by Crippen LogP contribution is 2.45. The number of aliphatic carboxylic acids is 2. The van der Waals surface area contributed by atoms with Gasteiger partial charge in [-0.15, -0.1) is 24.6 Å². The SMILES string of the molecule is C#C.CCCCC1(CCCC)CCc2cc(N(C)C)ccc2SC1.O=C(O)CN(CC(=O)O)Cc1ccc(COc2ccccc2)cc1. The first-order valence-electron chi connectivity index (χ1n) is 16.8. The van der Waals surface area contributed by atoms with Crippen molar-refractivity contribution < 1.29 is 24.5 Å². The molecule has 0 aromatic heterocycles. The standard InChI is InChI=1S/C20H33NS.C18H19NO5.C2H2/c1-5-7-12-20(13-8-6-2)14-11-17-15-18(21(3)4)9-10-19(17)22-16-20;20-17(21)11-19(12-18(22)23)10-14-6-8-15(9-7-14)13-24-16-4-2-1-3-5-16;1-2/h9-10,15H,5-8,11-14,16H2,1-4H3;1-9H,10-13H2,(H,20,21)(H,22,23);1-2H. The van der Waals surface area contributed by atoms with Crippen LogP contribution < -0.4 is 9.64 Å². The van der Waals surface area contributed by atoms with Gasteiger partial charge in [-0.25, -0.2) is 0 Å². The number of hydrogen-bond acceptors (Lipinski definition) is 6. The minimum atomic E-state index is -1.05. The molecule has 1 aliphatic heterocycles. The molecule has 0 spiro atoms. The summed E-state index contributed by atoms with van der Waals surface area (Å²) in [7, 11) is 4.27. The van der Waals surface area contributed by atoms with E-state index in [2.05, 4.69) is 75.7 Å². The molecular formula is C40H54N2O5S. The first kappa shape index (κ1) is 40.2. The Balaban J connectivity index is 0.000000318. The van der Waals surface area contributed by atoms with Crippen LogP contribution in [0, 0.1) is 18.3 Å². The molecule has 0 aliphatic carbocycles. The molecule has 0 bridgehead atoms. The Labute approximate surface area is 292 Å². The molecule has 0 atom stereocenters. The van der Waals surface area contributed by atoms with Crippen molar-refractivity contribution >= 4 is 29.4 Å². The number of fused-ring (bicyclic) bond motifs is 1. The van der Waals surface area contributed by atoms with Crippen LogP contribution in [-0.2, 0) is 29.2 Å². The topological polar surface area (TPSA) is 90.3 Å². The van der Waals surface area contributed by atoms with Crippen LogP contribution in [0.1, 0.15) is 75.5 Å². The molecule has 4 rings (SSSR count). The summed E-state index contributed by atoms with van der Waals surface area (Å²) in [5.41, 5.74) is 5.32. The summed E-state index contributed by atoms with van der Waals surface area (Å²) < 4.78 is 5.65. The largest absolute Gasteiger partial charge is 0.489 e. The number of terminal acetylenes is 1. The normalized spacial score (nSPS) is 13.1. The zero-order valence-electron chi connectivity index (χ0n) is 29.2. The van der Waals surface area contributed by atoms with Crippen molar-refractivity contribution in [2.75, 3.05) is 37.8 Å². The molecule has 260 valence electrons. The Morgan fingerprint density at radius 2 is 1.44 bits per heavy atom. The van der Waals surface area contributed by atoms with E-state index in [4.69, 9.17) is 14.9 Å². The summed E-state index contributed by atoms with van der Waals surface area (Å²) in [6, 6.07) is 24.0. The number of carboxylic acid groups (broad SMARTS) is 2. The second-order valence-corrected chi connectivity index (χ2v) is 13.6. The molecule has 0 saturated carbocycles. The third-order valence-electron chi connectivity index (χ3n) is 8.44. The highest BCUT2D eigenvalue weighted by Gasteiger charge is 2.31. The highest BCUT2D eigenvalue weighted by molar-refractivity contribution is 7.99. The van der Waals surface area contributed by atoms with Crippen molar-refractivity contribution in [3.63, 3.8) is 0 Å². The maximum atomic E-state index is 10.8. The van der Waals surface area contributed by atoms with Gasteiger partial charge in [-0.1, -0.05) is 82.0 Å². The van der Waals surface area contributed by atoms with Gasteiger partial charge in [-0.3, -0.25) is 14.5 Å². The fourth-order valence-electron chi connectivity index (χ4n) is 5.74. The summed E-state index contributed by atoms with van der Waals surface area (Å²) in [6.45, 7) is 4.72. The van der Waals surface area contributed by atoms with Crippen LogP contribution in [-0.4, -0.2) is 60.0 Å². The van der Waals surface area contributed by atoms with E-state index < -0.39 is 11.9 Å². The maximum Gasteiger partial charge on any atom is 0.317 e. The van der Waals surface area contributed by atoms with Crippen LogP contribution in [0.15, 0.2) is 77.7 Å². The second-order valence-electron chi connectivity index (χ2n) is 12.5. The molecule has 48 heavy (non-hydrogen) atoms. The number of carboxylic acids is 2. The van der Waals surface area contributed by atoms with Gasteiger partial charge in [0.2, 0.25) is 0 Å². The van der Waals surface area contributed by atoms with Gasteiger partial charge in [0.05, 0.1) is 13.1 Å². The molecule has 2 N–H and O–H groups in total. The lowest BCUT2D eigenvalue weighted by Crippen LogP contribution is -2.33. The fourth-order valence-corrected chi connectivity index (χ4v) is 7.14. The van der Waals surface area contributed by atoms with Gasteiger partial charge in [0.15, 0.2) is 0 Å². The van der Waals surface area contributed by atoms with E-state index in [0.717, 1.165) is 16.9 Å². The maximum absolute atomic E-state index is 10.8. The van der Waals surface area contributed by atoms with E-state index in [1.807, 2.05) is 54.6 Å². The monoisotopic (exact) mass is 674 g/mol. The number of carbonyl (C=O) groups is 2. The van der Waals surface area contributed by atoms with E-state index in [-0.39, 0.29) is 19.6 Å². The molecule has 0 unspecified atom stereocenters. The van der Waals surface area contributed by atoms with E-state index in [1.54, 1.807) is 5.56 Å². The molecule has 1 heterocycles. The number of anilines is 1. The smallest absolute Gasteiger partial charge is 0.317 e. The van der Waals surface area contributed by atoms with Gasteiger partial charge in [0, 0.05) is 37.0 Å². The molecule has 0 fully saturated rings. The van der Waals surface area contributed by atoms with Crippen LogP contribution in [0.4, 0.5) is 5.69 Å². The number of nitrogens with zero attached hydrogens (tertiary/aromatic N) is 2. The van der Waals surface area contributed by atoms with Crippen LogP contribution in [0.5, 0.6) is 5.75 Å². The quantitative estimate of drug-likeness (QED) is 0.146. The lowest BCUT2D eigenvalue weighted by molar-refractivity contribution is -0.142. The molecular weight excluding hydrogens is 621 g/mol. The van der Waals surface area contributed by atoms with Crippen molar-refractivity contribution in [3.8, 4) is 18.6 Å². The van der Waals surface area contributed by atoms with Crippen molar-refractivity contribution in [1.82, 2.24) is 4.90 Å². The van der Waals surface area contributed by atoms with Crippen molar-refractivity contribution in [1.29, 1.82) is 0 Å². The van der Waals surface area contributed by atoms with Crippen LogP contribution >= 0.6 is 11.8 Å². The average molecular weight is 675 g/mol. The lowest BCUT2D eigenvalue weighted by Gasteiger charge is -2.32. The molecule has 0 saturated heterocycles. The molecule has 0 radical (unpaired) electrons. The predicted molar refractivity (Wildman–Crippen MR) is 199 cm³/mol. The Bertz CT molecular complexity index is 1370. The molecule has 3 aromatic rings. The minimum absolute atomic E-state index is 0.262. The molecule has 8 heteroatoms. The number of para-hydroxylation sites is 1. The Hall–Kier alpha value is -3.93. The molecule has 1 aliphatic rings. The summed E-state index contributed by atoms with van der Waals surface area (Å²) >= 11 is 2.12. The number of ether oxygens (including phenoxy) is 1. The number of hydrogen-bond donors (Lipinski definition) is 2. The van der Waals surface area contributed by atoms with Crippen molar-refractivity contribution in [3.05, 3.63) is 89.5 Å². The second kappa shape index (κ2) is 21.8. The summed E-state index contributed by atoms with van der Waals surface area (Å²) in [4.78, 5) is 26.7. The summed E-state index contributed by atoms with van der Waals surface area (Å²) in [6.07, 6.45) is 18.9. The van der Waals surface area contributed by atoms with E-state index in [9.17, 15) is 9.59 Å². The highest BCUT2D eigenvalue weighted by atomic mass is 32.2. The zero-order valence-corrected chi connectivity index (χ0v) is 30.0. The number of aryl methyl sites for hydroxylation is 1. The van der Waals surface area contributed by atoms with Gasteiger partial charge in [-0.2, -0.15) is 0 Å². The average Bonchev–Trinajstić information content (AvgIpc) is 3.26. The van der Waals surface area contributed by atoms with Crippen LogP contribution in [0.2, 0.25) is 0 Å². The van der Waals surface area contributed by atoms with Crippen LogP contribution in [0.25, 0.3) is 0 Å². The van der Waals surface area contributed by atoms with Gasteiger partial charge in [-0.05, 0) is 78.1 Å². The lowest BCUT2D eigenvalue weighted by atomic mass is 9.75. The molecule has 3 aromatic carbocycles. The number of rotatable bonds is 16. The summed E-state index contributed by atoms with van der Waals surface area (Å²) in [5, 5.41) is 17.7. The Kier molecular flexibility index (Phi) is 18.3. The minimum Gasteiger partial charge on any atom is -0.489 e. The summed E-state index contributed by atoms with van der Waals surface area (Å²) in [5.74, 6) is 0.00494. The number of thioether (sulfide) groups is 1. The van der Waals surface area contributed by atoms with E-state index in [1.165, 1.54) is 72.6 Å². The van der Waals surface area contributed by atoms with E-state index >= 15 is 0 Å². The first-order chi connectivity index (χ1) is 23.1. The first-order valence-corrected chi connectivity index (χ1v) is 17.8. The fraction of sp³-hybridized carbons (Fsp3) is 0.450. The Morgan fingerprint density at radius 3 is 1.98 bits per heavy atom. The van der Waals surface area contributed by atoms with Gasteiger partial charge >= 0.3 is 11.9 Å². The predicted octanol–water partition coefficient (Wildman–Crippen LogP) is 8.64. The Morgan fingerprint density at radius 1 is 0.854 bits per heavy atom. The zero-order chi connectivity index (χ0) is 35.4. The number of unbranched alkanes of at least 4 members (excludes halogenated alkanes) is 2. The molecule has 0 amide bonds. The van der Waals surface area contributed by atoms with Gasteiger partial charge in [0.25, 0.3) is 0 Å². The number of benzene rings is 3.